The van der Waals surface area contributed by atoms with Gasteiger partial charge in [-0.25, -0.2) is 4.79 Å². The molecule has 2 heterocycles. The SMILES string of the molecule is C.COc1ccc2c3c1O[C@H]1C(OC(=O)[C@H](C)OC(=O)CCNC(=O)[C@@H](N)CC(C)C)=CC[C@@]4(O)[C@@H](C2)N(C)CC[C@]314. The van der Waals surface area contributed by atoms with Crippen molar-refractivity contribution in [1.29, 1.82) is 0 Å². The number of likely N-dealkylation sites (tertiary alicyclic amines) is 1. The van der Waals surface area contributed by atoms with Gasteiger partial charge in [-0.15, -0.1) is 0 Å². The number of amides is 1. The Labute approximate surface area is 247 Å². The van der Waals surface area contributed by atoms with Gasteiger partial charge in [-0.3, -0.25) is 9.59 Å². The second-order valence-corrected chi connectivity index (χ2v) is 12.1. The summed E-state index contributed by atoms with van der Waals surface area (Å²) in [7, 11) is 3.60. The number of nitrogens with one attached hydrogen (secondary N) is 1. The van der Waals surface area contributed by atoms with E-state index in [-0.39, 0.29) is 44.7 Å². The maximum absolute atomic E-state index is 13.1. The summed E-state index contributed by atoms with van der Waals surface area (Å²) in [6.45, 7) is 6.18. The highest BCUT2D eigenvalue weighted by molar-refractivity contribution is 5.83. The highest BCUT2D eigenvalue weighted by Crippen LogP contribution is 2.65. The van der Waals surface area contributed by atoms with Crippen LogP contribution < -0.4 is 20.5 Å². The van der Waals surface area contributed by atoms with E-state index in [0.717, 1.165) is 17.7 Å². The van der Waals surface area contributed by atoms with E-state index in [2.05, 4.69) is 10.2 Å². The van der Waals surface area contributed by atoms with E-state index in [9.17, 15) is 19.5 Å². The van der Waals surface area contributed by atoms with Crippen molar-refractivity contribution >= 4 is 17.8 Å². The van der Waals surface area contributed by atoms with Gasteiger partial charge in [-0.1, -0.05) is 27.3 Å². The van der Waals surface area contributed by atoms with Gasteiger partial charge in [0.2, 0.25) is 5.91 Å². The van der Waals surface area contributed by atoms with E-state index >= 15 is 0 Å². The van der Waals surface area contributed by atoms with E-state index in [1.54, 1.807) is 13.2 Å². The zero-order valence-corrected chi connectivity index (χ0v) is 24.4. The Morgan fingerprint density at radius 3 is 2.69 bits per heavy atom. The van der Waals surface area contributed by atoms with Gasteiger partial charge in [0.15, 0.2) is 23.7 Å². The monoisotopic (exact) mass is 587 g/mol. The highest BCUT2D eigenvalue weighted by Gasteiger charge is 2.72. The third-order valence-electron chi connectivity index (χ3n) is 9.11. The number of aliphatic hydroxyl groups is 1. The molecule has 11 heteroatoms. The fourth-order valence-electron chi connectivity index (χ4n) is 7.12. The molecule has 0 aromatic heterocycles. The van der Waals surface area contributed by atoms with Gasteiger partial charge in [-0.05, 0) is 63.4 Å². The maximum Gasteiger partial charge on any atom is 0.352 e. The number of hydrogen-bond donors (Lipinski definition) is 3. The van der Waals surface area contributed by atoms with Gasteiger partial charge in [0.05, 0.1) is 30.6 Å². The van der Waals surface area contributed by atoms with E-state index in [4.69, 9.17) is 24.7 Å². The lowest BCUT2D eigenvalue weighted by molar-refractivity contribution is -0.175. The quantitative estimate of drug-likeness (QED) is 0.347. The van der Waals surface area contributed by atoms with Gasteiger partial charge < -0.3 is 40.0 Å². The van der Waals surface area contributed by atoms with Crippen LogP contribution in [0.15, 0.2) is 24.0 Å². The molecule has 1 fully saturated rings. The average Bonchev–Trinajstić information content (AvgIpc) is 3.27. The first-order valence-corrected chi connectivity index (χ1v) is 14.4. The third-order valence-corrected chi connectivity index (χ3v) is 9.11. The number of nitrogens with two attached hydrogens (primary N) is 1. The molecule has 4 aliphatic rings. The van der Waals surface area contributed by atoms with Crippen LogP contribution in [-0.4, -0.2) is 85.0 Å². The topological polar surface area (TPSA) is 150 Å². The third kappa shape index (κ3) is 5.05. The molecule has 42 heavy (non-hydrogen) atoms. The Kier molecular flexibility index (Phi) is 8.97. The Bertz CT molecular complexity index is 1260. The smallest absolute Gasteiger partial charge is 0.352 e. The van der Waals surface area contributed by atoms with Crippen molar-refractivity contribution < 1.29 is 38.4 Å². The number of likely N-dealkylation sites (N-methyl/N-ethyl adjacent to an activating group) is 1. The molecular formula is C31H45N3O8. The predicted octanol–water partition coefficient (Wildman–Crippen LogP) is 1.96. The van der Waals surface area contributed by atoms with Crippen LogP contribution in [0.1, 0.15) is 65.0 Å². The number of nitrogens with zero attached hydrogens (tertiary/aromatic N) is 1. The van der Waals surface area contributed by atoms with Crippen molar-refractivity contribution in [3.63, 3.8) is 0 Å². The van der Waals surface area contributed by atoms with Crippen molar-refractivity contribution in [2.24, 2.45) is 11.7 Å². The lowest BCUT2D eigenvalue weighted by Crippen LogP contribution is -2.74. The molecule has 0 unspecified atom stereocenters. The molecule has 5 rings (SSSR count). The van der Waals surface area contributed by atoms with Gasteiger partial charge in [0, 0.05) is 24.6 Å². The molecule has 1 aromatic carbocycles. The molecule has 1 spiro atoms. The average molecular weight is 588 g/mol. The summed E-state index contributed by atoms with van der Waals surface area (Å²) in [5, 5.41) is 14.9. The van der Waals surface area contributed by atoms with Crippen LogP contribution in [0.4, 0.5) is 0 Å². The van der Waals surface area contributed by atoms with Crippen molar-refractivity contribution in [3.8, 4) is 11.5 Å². The van der Waals surface area contributed by atoms with Gasteiger partial charge >= 0.3 is 11.9 Å². The first-order valence-electron chi connectivity index (χ1n) is 14.4. The Morgan fingerprint density at radius 1 is 1.26 bits per heavy atom. The largest absolute Gasteiger partial charge is 0.493 e. The maximum atomic E-state index is 13.1. The first kappa shape index (κ1) is 31.8. The molecular weight excluding hydrogens is 542 g/mol. The molecule has 0 radical (unpaired) electrons. The van der Waals surface area contributed by atoms with Gasteiger partial charge in [0.25, 0.3) is 0 Å². The second kappa shape index (κ2) is 11.9. The number of esters is 2. The van der Waals surface area contributed by atoms with Crippen LogP contribution in [-0.2, 0) is 35.7 Å². The molecule has 11 nitrogen and oxygen atoms in total. The normalized spacial score (nSPS) is 28.3. The van der Waals surface area contributed by atoms with E-state index in [1.165, 1.54) is 6.92 Å². The summed E-state index contributed by atoms with van der Waals surface area (Å²) in [4.78, 5) is 39.7. The van der Waals surface area contributed by atoms with Crippen LogP contribution in [0.3, 0.4) is 0 Å². The minimum atomic E-state index is -1.19. The Morgan fingerprint density at radius 2 is 2.00 bits per heavy atom. The van der Waals surface area contributed by atoms with Gasteiger partial charge in [-0.2, -0.15) is 0 Å². The number of piperidine rings is 1. The number of carbonyl (C=O) groups excluding carboxylic acids is 3. The van der Waals surface area contributed by atoms with Crippen molar-refractivity contribution in [1.82, 2.24) is 10.2 Å². The van der Waals surface area contributed by atoms with Crippen LogP contribution >= 0.6 is 0 Å². The van der Waals surface area contributed by atoms with Crippen LogP contribution in [0, 0.1) is 5.92 Å². The number of carbonyl (C=O) groups is 3. The second-order valence-electron chi connectivity index (χ2n) is 12.1. The fourth-order valence-corrected chi connectivity index (χ4v) is 7.12. The number of rotatable bonds is 10. The summed E-state index contributed by atoms with van der Waals surface area (Å²) in [5.74, 6) is -0.0229. The number of ether oxygens (including phenoxy) is 4. The molecule has 2 bridgehead atoms. The van der Waals surface area contributed by atoms with Gasteiger partial charge in [0.1, 0.15) is 5.76 Å². The summed E-state index contributed by atoms with van der Waals surface area (Å²) in [6, 6.07) is 3.13. The zero-order valence-electron chi connectivity index (χ0n) is 24.4. The predicted molar refractivity (Wildman–Crippen MR) is 155 cm³/mol. The molecule has 0 saturated carbocycles. The van der Waals surface area contributed by atoms with E-state index in [1.807, 2.05) is 33.0 Å². The van der Waals surface area contributed by atoms with Crippen molar-refractivity contribution in [3.05, 3.63) is 35.1 Å². The molecule has 6 atom stereocenters. The number of methoxy groups -OCH3 is 1. The van der Waals surface area contributed by atoms with Crippen molar-refractivity contribution in [2.45, 2.75) is 95.6 Å². The fraction of sp³-hybridized carbons (Fsp3) is 0.645. The summed E-state index contributed by atoms with van der Waals surface area (Å²) < 4.78 is 23.2. The minimum Gasteiger partial charge on any atom is -0.493 e. The van der Waals surface area contributed by atoms with Crippen LogP contribution in [0.2, 0.25) is 0 Å². The molecule has 4 N–H and O–H groups in total. The first-order chi connectivity index (χ1) is 19.4. The molecule has 1 saturated heterocycles. The van der Waals surface area contributed by atoms with Crippen LogP contribution in [0.25, 0.3) is 0 Å². The molecule has 1 aromatic rings. The number of benzene rings is 1. The minimum absolute atomic E-state index is 0. The molecule has 1 amide bonds. The van der Waals surface area contributed by atoms with E-state index < -0.39 is 41.2 Å². The summed E-state index contributed by atoms with van der Waals surface area (Å²) in [6.07, 6.45) is 1.79. The highest BCUT2D eigenvalue weighted by atomic mass is 16.6. The summed E-state index contributed by atoms with van der Waals surface area (Å²) >= 11 is 0. The molecule has 232 valence electrons. The lowest BCUT2D eigenvalue weighted by Gasteiger charge is -2.61. The summed E-state index contributed by atoms with van der Waals surface area (Å²) in [5.41, 5.74) is 5.97. The molecule has 2 aliphatic carbocycles. The Hall–Kier alpha value is -3.15. The van der Waals surface area contributed by atoms with Crippen molar-refractivity contribution in [2.75, 3.05) is 27.2 Å². The molecule has 2 aliphatic heterocycles. The Balaban J connectivity index is 0.00000405. The van der Waals surface area contributed by atoms with Crippen LogP contribution in [0.5, 0.6) is 11.5 Å². The van der Waals surface area contributed by atoms with E-state index in [0.29, 0.717) is 36.5 Å². The number of hydrogen-bond acceptors (Lipinski definition) is 10. The zero-order chi connectivity index (χ0) is 29.7. The standard InChI is InChI=1S/C30H41N3O8.CH4/c1-16(2)14-19(31)27(35)32-12-9-23(34)39-17(3)28(36)40-21-8-10-30(37)22-15-18-6-7-20(38-5)25-24(18)29(30,26(21)41-25)11-13-33(22)4;/h6-8,16-17,19,22,26,37H,9-15,31H2,1-5H3,(H,32,35);1H4/t17-,19-,22+,26-,29-,30+;/m0./s1. The lowest BCUT2D eigenvalue weighted by atomic mass is 9.50.